The zero-order chi connectivity index (χ0) is 19.8. The van der Waals surface area contributed by atoms with Gasteiger partial charge in [0.25, 0.3) is 5.56 Å². The van der Waals surface area contributed by atoms with Gasteiger partial charge < -0.3 is 0 Å². The van der Waals surface area contributed by atoms with Crippen molar-refractivity contribution in [1.82, 2.24) is 14.5 Å². The highest BCUT2D eigenvalue weighted by Gasteiger charge is 2.19. The molecule has 0 fully saturated rings. The molecule has 28 heavy (non-hydrogen) atoms. The third-order valence-corrected chi connectivity index (χ3v) is 6.27. The fraction of sp³-hybridized carbons (Fsp3) is 0.200. The number of thiazole rings is 1. The highest BCUT2D eigenvalue weighted by molar-refractivity contribution is 7.16. The Morgan fingerprint density at radius 3 is 2.75 bits per heavy atom. The maximum absolute atomic E-state index is 12.6. The Morgan fingerprint density at radius 2 is 2.00 bits per heavy atom. The molecular formula is C20H18N4O2S2. The van der Waals surface area contributed by atoms with E-state index in [4.69, 9.17) is 0 Å². The predicted octanol–water partition coefficient (Wildman–Crippen LogP) is 4.26. The van der Waals surface area contributed by atoms with Gasteiger partial charge >= 0.3 is 0 Å². The highest BCUT2D eigenvalue weighted by Crippen LogP contribution is 2.30. The predicted molar refractivity (Wildman–Crippen MR) is 114 cm³/mol. The molecule has 3 heterocycles. The molecule has 0 aliphatic rings. The number of carbonyl (C=O) groups is 1. The molecule has 0 saturated carbocycles. The lowest BCUT2D eigenvalue weighted by atomic mass is 10.1. The Morgan fingerprint density at radius 1 is 1.18 bits per heavy atom. The third kappa shape index (κ3) is 3.36. The average Bonchev–Trinajstić information content (AvgIpc) is 3.30. The summed E-state index contributed by atoms with van der Waals surface area (Å²) in [7, 11) is 0. The second-order valence-corrected chi connectivity index (χ2v) is 8.29. The van der Waals surface area contributed by atoms with Crippen LogP contribution >= 0.6 is 22.7 Å². The summed E-state index contributed by atoms with van der Waals surface area (Å²) in [5, 5.41) is 4.93. The third-order valence-electron chi connectivity index (χ3n) is 4.58. The van der Waals surface area contributed by atoms with E-state index in [1.54, 1.807) is 21.9 Å². The minimum atomic E-state index is -0.109. The van der Waals surface area contributed by atoms with E-state index >= 15 is 0 Å². The van der Waals surface area contributed by atoms with Crippen LogP contribution in [0.25, 0.3) is 10.2 Å². The van der Waals surface area contributed by atoms with Crippen LogP contribution in [0.5, 0.6) is 0 Å². The average molecular weight is 411 g/mol. The molecular weight excluding hydrogens is 392 g/mol. The number of thiophene rings is 1. The van der Waals surface area contributed by atoms with Crippen molar-refractivity contribution < 1.29 is 4.79 Å². The topological polar surface area (TPSA) is 68.1 Å². The lowest BCUT2D eigenvalue weighted by Gasteiger charge is -2.19. The molecule has 0 spiro atoms. The number of fused-ring (bicyclic) bond motifs is 1. The lowest BCUT2D eigenvalue weighted by Crippen LogP contribution is -2.23. The minimum absolute atomic E-state index is 0.0848. The number of aryl methyl sites for hydroxylation is 2. The summed E-state index contributed by atoms with van der Waals surface area (Å²) in [4.78, 5) is 36.1. The summed E-state index contributed by atoms with van der Waals surface area (Å²) >= 11 is 2.83. The van der Waals surface area contributed by atoms with Crippen LogP contribution in [0, 0.1) is 13.8 Å². The van der Waals surface area contributed by atoms with E-state index in [0.29, 0.717) is 22.8 Å². The summed E-state index contributed by atoms with van der Waals surface area (Å²) < 4.78 is 1.54. The van der Waals surface area contributed by atoms with Crippen LogP contribution in [-0.4, -0.2) is 20.4 Å². The number of aromatic nitrogens is 3. The summed E-state index contributed by atoms with van der Waals surface area (Å²) in [6, 6.07) is 7.69. The summed E-state index contributed by atoms with van der Waals surface area (Å²) in [5.41, 5.74) is 3.70. The molecule has 0 atom stereocenters. The quantitative estimate of drug-likeness (QED) is 0.504. The first-order valence-electron chi connectivity index (χ1n) is 8.69. The van der Waals surface area contributed by atoms with E-state index in [9.17, 15) is 9.59 Å². The molecule has 4 aromatic rings. The SMILES string of the molecule is CC(=O)N(c1ccc(C)c(C)c1)c1nc(Cn2cnc3sccc3c2=O)cs1. The van der Waals surface area contributed by atoms with Gasteiger partial charge in [0, 0.05) is 12.3 Å². The maximum atomic E-state index is 12.6. The van der Waals surface area contributed by atoms with Gasteiger partial charge in [0.15, 0.2) is 5.13 Å². The van der Waals surface area contributed by atoms with Gasteiger partial charge in [-0.3, -0.25) is 19.1 Å². The first kappa shape index (κ1) is 18.5. The van der Waals surface area contributed by atoms with Crippen LogP contribution in [-0.2, 0) is 11.3 Å². The van der Waals surface area contributed by atoms with E-state index in [0.717, 1.165) is 16.1 Å². The van der Waals surface area contributed by atoms with Crippen LogP contribution in [0.1, 0.15) is 23.7 Å². The largest absolute Gasteiger partial charge is 0.293 e. The maximum Gasteiger partial charge on any atom is 0.262 e. The molecule has 1 aromatic carbocycles. The van der Waals surface area contributed by atoms with Crippen molar-refractivity contribution >= 4 is 49.6 Å². The van der Waals surface area contributed by atoms with Crippen molar-refractivity contribution in [3.8, 4) is 0 Å². The Hall–Kier alpha value is -2.84. The molecule has 0 aliphatic carbocycles. The molecule has 0 unspecified atom stereocenters. The standard InChI is InChI=1S/C20H18N4O2S2/c1-12-4-5-16(8-13(12)2)24(14(3)25)20-22-15(10-28-20)9-23-11-21-18-17(19(23)26)6-7-27-18/h4-8,10-11H,9H2,1-3H3. The van der Waals surface area contributed by atoms with E-state index < -0.39 is 0 Å². The zero-order valence-corrected chi connectivity index (χ0v) is 17.3. The molecule has 0 aliphatic heterocycles. The summed E-state index contributed by atoms with van der Waals surface area (Å²) in [6.07, 6.45) is 1.55. The number of rotatable bonds is 4. The van der Waals surface area contributed by atoms with Crippen molar-refractivity contribution in [3.05, 3.63) is 68.5 Å². The van der Waals surface area contributed by atoms with Gasteiger partial charge in [-0.05, 0) is 48.6 Å². The van der Waals surface area contributed by atoms with E-state index in [-0.39, 0.29) is 11.5 Å². The monoisotopic (exact) mass is 410 g/mol. The van der Waals surface area contributed by atoms with E-state index in [1.165, 1.54) is 35.2 Å². The van der Waals surface area contributed by atoms with Gasteiger partial charge in [-0.15, -0.1) is 22.7 Å². The van der Waals surface area contributed by atoms with Crippen LogP contribution < -0.4 is 10.5 Å². The molecule has 0 radical (unpaired) electrons. The highest BCUT2D eigenvalue weighted by atomic mass is 32.1. The summed E-state index contributed by atoms with van der Waals surface area (Å²) in [5.74, 6) is -0.109. The van der Waals surface area contributed by atoms with Crippen molar-refractivity contribution in [3.63, 3.8) is 0 Å². The zero-order valence-electron chi connectivity index (χ0n) is 15.7. The molecule has 3 aromatic heterocycles. The van der Waals surface area contributed by atoms with Gasteiger partial charge in [0.05, 0.1) is 29.6 Å². The fourth-order valence-electron chi connectivity index (χ4n) is 2.94. The number of nitrogens with zero attached hydrogens (tertiary/aromatic N) is 4. The van der Waals surface area contributed by atoms with E-state index in [2.05, 4.69) is 9.97 Å². The smallest absolute Gasteiger partial charge is 0.262 e. The number of anilines is 2. The van der Waals surface area contributed by atoms with Gasteiger partial charge in [-0.25, -0.2) is 9.97 Å². The molecule has 4 rings (SSSR count). The summed E-state index contributed by atoms with van der Waals surface area (Å²) in [6.45, 7) is 5.89. The molecule has 142 valence electrons. The number of hydrogen-bond acceptors (Lipinski definition) is 6. The van der Waals surface area contributed by atoms with Gasteiger partial charge in [-0.2, -0.15) is 0 Å². The van der Waals surface area contributed by atoms with Crippen molar-refractivity contribution in [2.24, 2.45) is 0 Å². The Balaban J connectivity index is 1.66. The van der Waals surface area contributed by atoms with Crippen molar-refractivity contribution in [2.75, 3.05) is 4.90 Å². The Labute approximate surface area is 169 Å². The number of hydrogen-bond donors (Lipinski definition) is 0. The molecule has 1 amide bonds. The minimum Gasteiger partial charge on any atom is -0.293 e. The number of amides is 1. The number of benzene rings is 1. The number of carbonyl (C=O) groups excluding carboxylic acids is 1. The van der Waals surface area contributed by atoms with Crippen LogP contribution in [0.4, 0.5) is 10.8 Å². The molecule has 0 bridgehead atoms. The van der Waals surface area contributed by atoms with Gasteiger partial charge in [-0.1, -0.05) is 6.07 Å². The second-order valence-electron chi connectivity index (χ2n) is 6.56. The van der Waals surface area contributed by atoms with Crippen LogP contribution in [0.15, 0.2) is 46.1 Å². The molecule has 6 nitrogen and oxygen atoms in total. The van der Waals surface area contributed by atoms with Crippen molar-refractivity contribution in [1.29, 1.82) is 0 Å². The lowest BCUT2D eigenvalue weighted by molar-refractivity contribution is -0.115. The first-order chi connectivity index (χ1) is 13.4. The van der Waals surface area contributed by atoms with Gasteiger partial charge in [0.2, 0.25) is 5.91 Å². The molecule has 0 saturated heterocycles. The van der Waals surface area contributed by atoms with E-state index in [1.807, 2.05) is 42.8 Å². The van der Waals surface area contributed by atoms with Crippen LogP contribution in [0.2, 0.25) is 0 Å². The molecule has 8 heteroatoms. The Bertz CT molecular complexity index is 1240. The molecule has 0 N–H and O–H groups in total. The first-order valence-corrected chi connectivity index (χ1v) is 10.4. The second kappa shape index (κ2) is 7.29. The normalized spacial score (nSPS) is 11.1. The van der Waals surface area contributed by atoms with Crippen molar-refractivity contribution in [2.45, 2.75) is 27.3 Å². The fourth-order valence-corrected chi connectivity index (χ4v) is 4.55. The Kier molecular flexibility index (Phi) is 4.82. The van der Waals surface area contributed by atoms with Crippen LogP contribution in [0.3, 0.4) is 0 Å². The van der Waals surface area contributed by atoms with Gasteiger partial charge in [0.1, 0.15) is 4.83 Å².